The second kappa shape index (κ2) is 2.46. The van der Waals surface area contributed by atoms with E-state index in [-0.39, 0.29) is -0.379 Å². The minimum absolute atomic E-state index is 0.382. The molecule has 0 heterocycles. The zero-order valence-electron chi connectivity index (χ0n) is 3.04. The van der Waals surface area contributed by atoms with Crippen molar-refractivity contribution >= 4 is 67.8 Å². The Morgan fingerprint density at radius 3 is 1.80 bits per heavy atom. The molecule has 0 unspecified atom stereocenters. The molecular weight excluding hydrogens is 409 g/mol. The first-order chi connectivity index (χ1) is 2.56. The monoisotopic (exact) mass is 411 g/mol. The van der Waals surface area contributed by atoms with Crippen molar-refractivity contribution < 1.29 is 5.11 Å². The lowest BCUT2D eigenvalue weighted by Crippen LogP contribution is -1.90. The molecule has 5 heavy (non-hydrogen) atoms. The highest BCUT2D eigenvalue weighted by Crippen LogP contribution is 2.30. The summed E-state index contributed by atoms with van der Waals surface area (Å²) in [6.07, 6.45) is 0. The fourth-order valence-electron chi connectivity index (χ4n) is 0. The predicted octanol–water partition coefficient (Wildman–Crippen LogP) is 1.90. The molecule has 4 heteroatoms. The number of rotatable bonds is 1. The third kappa shape index (κ3) is 22.9. The molecule has 0 atom stereocenters. The average Bonchev–Trinajstić information content (AvgIpc) is 1.35. The van der Waals surface area contributed by atoms with Gasteiger partial charge >= 0.3 is 0 Å². The van der Waals surface area contributed by atoms with Crippen LogP contribution < -0.4 is 0 Å². The minimum Gasteiger partial charge on any atom is -0.363 e. The minimum atomic E-state index is -0.382. The van der Waals surface area contributed by atoms with Gasteiger partial charge in [0.1, 0.15) is 0 Å². The smallest absolute Gasteiger partial charge is 0.217 e. The van der Waals surface area contributed by atoms with Crippen molar-refractivity contribution in [1.29, 1.82) is 1.43 Å². The largest absolute Gasteiger partial charge is 0.363 e. The van der Waals surface area contributed by atoms with Crippen LogP contribution in [0.3, 0.4) is 0 Å². The van der Waals surface area contributed by atoms with E-state index in [9.17, 15) is 0 Å². The second-order valence-electron chi connectivity index (χ2n) is 0.446. The van der Waals surface area contributed by atoms with E-state index in [1.165, 1.54) is 0 Å². The van der Waals surface area contributed by atoms with Crippen molar-refractivity contribution in [2.45, 2.75) is -0.379 Å². The highest BCUT2D eigenvalue weighted by Gasteiger charge is 2.07. The van der Waals surface area contributed by atoms with Crippen LogP contribution in [0.1, 0.15) is 0 Å². The number of alkyl halides is 3. The van der Waals surface area contributed by atoms with E-state index in [0.29, 0.717) is 0 Å². The number of aliphatic hydroxyl groups is 1. The van der Waals surface area contributed by atoms with Crippen molar-refractivity contribution in [2.24, 2.45) is 0 Å². The van der Waals surface area contributed by atoms with E-state index in [4.69, 9.17) is 1.43 Å². The maximum Gasteiger partial charge on any atom is 0.217 e. The van der Waals surface area contributed by atoms with Crippen LogP contribution in [-0.2, 0) is 0 Å². The Hall–Kier alpha value is 2.15. The van der Waals surface area contributed by atoms with Crippen molar-refractivity contribution in [3.8, 4) is 0 Å². The summed E-state index contributed by atoms with van der Waals surface area (Å²) < 4.78 is 5.95. The van der Waals surface area contributed by atoms with Crippen LogP contribution in [0.5, 0.6) is 0 Å². The van der Waals surface area contributed by atoms with Gasteiger partial charge in [-0.25, -0.2) is 0 Å². The lowest BCUT2D eigenvalue weighted by molar-refractivity contribution is 0.359. The van der Waals surface area contributed by atoms with Gasteiger partial charge in [-0.3, -0.25) is 0 Å². The molecule has 0 bridgehead atoms. The summed E-state index contributed by atoms with van der Waals surface area (Å²) in [5.41, 5.74) is 0. The van der Waals surface area contributed by atoms with Gasteiger partial charge in [0.15, 0.2) is 0 Å². The molecule has 1 N–H and O–H groups in total. The van der Waals surface area contributed by atoms with Crippen LogP contribution in [0.15, 0.2) is 0 Å². The summed E-state index contributed by atoms with van der Waals surface area (Å²) in [7, 11) is 0. The molecule has 0 spiro atoms. The maximum absolute atomic E-state index is 6.33. The number of hydrogen-bond acceptors (Lipinski definition) is 1. The second-order valence-corrected chi connectivity index (χ2v) is 11.2. The Bertz CT molecular complexity index is 40.5. The lowest BCUT2D eigenvalue weighted by atomic mass is 11.7. The first-order valence-corrected chi connectivity index (χ1v) is 4.01. The summed E-state index contributed by atoms with van der Waals surface area (Å²) in [6.45, 7) is 0. The molecule has 0 aliphatic heterocycles. The van der Waals surface area contributed by atoms with Gasteiger partial charge < -0.3 is 5.11 Å². The van der Waals surface area contributed by atoms with Gasteiger partial charge in [-0.15, -0.1) is 0 Å². The van der Waals surface area contributed by atoms with Crippen molar-refractivity contribution in [2.75, 3.05) is 0 Å². The SMILES string of the molecule is [2H]OC(I)(I)I. The Kier molecular flexibility index (Phi) is 2.60. The fourth-order valence-corrected chi connectivity index (χ4v) is 0. The zero-order chi connectivity index (χ0) is 5.21. The van der Waals surface area contributed by atoms with E-state index in [0.717, 1.165) is 0 Å². The molecule has 0 aliphatic rings. The van der Waals surface area contributed by atoms with Crippen molar-refractivity contribution in [3.63, 3.8) is 0 Å². The predicted molar refractivity (Wildman–Crippen MR) is 47.0 cm³/mol. The summed E-state index contributed by atoms with van der Waals surface area (Å²) in [5, 5.41) is 4.15. The van der Waals surface area contributed by atoms with Gasteiger partial charge in [0.25, 0.3) is 0 Å². The van der Waals surface area contributed by atoms with Gasteiger partial charge in [-0.05, 0) is 67.8 Å². The lowest BCUT2D eigenvalue weighted by Gasteiger charge is -1.96. The van der Waals surface area contributed by atoms with Crippen molar-refractivity contribution in [3.05, 3.63) is 0 Å². The third-order valence-electron chi connectivity index (χ3n) is 0. The van der Waals surface area contributed by atoms with Gasteiger partial charge in [0.2, 0.25) is 1.05 Å². The highest BCUT2D eigenvalue weighted by atomic mass is 127. The normalized spacial score (nSPS) is 14.6. The Balaban J connectivity index is 3.17. The highest BCUT2D eigenvalue weighted by molar-refractivity contribution is 14.3. The van der Waals surface area contributed by atoms with E-state index >= 15 is 0 Å². The molecule has 32 valence electrons. The topological polar surface area (TPSA) is 20.2 Å². The fraction of sp³-hybridized carbons (Fsp3) is 1.00. The molecular formula is CHI3O. The molecule has 0 aliphatic carbocycles. The first-order valence-electron chi connectivity index (χ1n) is 1.18. The molecule has 0 fully saturated rings. The molecule has 0 aromatic rings. The van der Waals surface area contributed by atoms with E-state index < -0.39 is 0 Å². The van der Waals surface area contributed by atoms with Crippen molar-refractivity contribution in [1.82, 2.24) is 0 Å². The Morgan fingerprint density at radius 1 is 1.60 bits per heavy atom. The maximum atomic E-state index is 6.33. The molecule has 0 radical (unpaired) electrons. The van der Waals surface area contributed by atoms with Gasteiger partial charge in [0, 0.05) is 0 Å². The van der Waals surface area contributed by atoms with Crippen LogP contribution in [0.25, 0.3) is 0 Å². The van der Waals surface area contributed by atoms with Gasteiger partial charge in [0.05, 0.1) is 0 Å². The standard InChI is InChI=1S/CHI3O/c2-1(3,4)5/h5H/i5D. The van der Waals surface area contributed by atoms with E-state index in [2.05, 4.69) is 5.11 Å². The summed E-state index contributed by atoms with van der Waals surface area (Å²) >= 11 is 6.01. The quantitative estimate of drug-likeness (QED) is 0.517. The Morgan fingerprint density at radius 2 is 1.80 bits per heavy atom. The van der Waals surface area contributed by atoms with Crippen LogP contribution in [0.2, 0.25) is 0 Å². The summed E-state index contributed by atoms with van der Waals surface area (Å²) in [6, 6.07) is 0. The summed E-state index contributed by atoms with van der Waals surface area (Å²) in [4.78, 5) is 0. The van der Waals surface area contributed by atoms with Crippen LogP contribution in [0.4, 0.5) is 0 Å². The molecule has 1 nitrogen and oxygen atoms in total. The molecule has 0 aromatic heterocycles. The van der Waals surface area contributed by atoms with E-state index in [1.807, 2.05) is 67.8 Å². The first kappa shape index (κ1) is 5.29. The number of hydrogen-bond donors (Lipinski definition) is 1. The van der Waals surface area contributed by atoms with Crippen LogP contribution >= 0.6 is 67.8 Å². The molecule has 0 amide bonds. The van der Waals surface area contributed by atoms with Crippen LogP contribution in [-0.4, -0.2) is 6.16 Å². The van der Waals surface area contributed by atoms with E-state index in [1.54, 1.807) is 0 Å². The molecule has 0 saturated heterocycles. The van der Waals surface area contributed by atoms with Crippen LogP contribution in [0, 0.1) is 0 Å². The summed E-state index contributed by atoms with van der Waals surface area (Å²) in [5.74, 6) is 0. The zero-order valence-corrected chi connectivity index (χ0v) is 8.51. The molecule has 0 rings (SSSR count). The average molecular weight is 411 g/mol. The third-order valence-corrected chi connectivity index (χ3v) is 0. The van der Waals surface area contributed by atoms with Gasteiger partial charge in [-0.1, -0.05) is 0 Å². The number of halogens is 3. The Labute approximate surface area is 72.8 Å². The van der Waals surface area contributed by atoms with Gasteiger partial charge in [-0.2, -0.15) is 0 Å². The molecule has 0 saturated carbocycles. The molecule has 0 aromatic carbocycles.